The fraction of sp³-hybridized carbons (Fsp3) is 0.458. The number of fused-ring (bicyclic) bond motifs is 2. The Labute approximate surface area is 218 Å². The van der Waals surface area contributed by atoms with E-state index in [0.717, 1.165) is 12.8 Å². The van der Waals surface area contributed by atoms with Gasteiger partial charge in [-0.1, -0.05) is 0 Å². The van der Waals surface area contributed by atoms with Crippen molar-refractivity contribution >= 4 is 45.2 Å². The van der Waals surface area contributed by atoms with Gasteiger partial charge >= 0.3 is 11.8 Å². The molecule has 10 nitrogen and oxygen atoms in total. The number of aryl methyl sites for hydroxylation is 2. The largest absolute Gasteiger partial charge is 0.344 e. The lowest BCUT2D eigenvalue weighted by Gasteiger charge is -2.22. The number of carbonyl (C=O) groups is 3. The first-order chi connectivity index (χ1) is 17.4. The van der Waals surface area contributed by atoms with Crippen LogP contribution in [0.4, 0.5) is 10.1 Å². The molecule has 3 aliphatic rings. The Morgan fingerprint density at radius 2 is 1.95 bits per heavy atom. The van der Waals surface area contributed by atoms with Crippen LogP contribution in [0.2, 0.25) is 0 Å². The molecule has 0 radical (unpaired) electrons. The number of nitrogens with zero attached hydrogens (tertiary/aromatic N) is 2. The zero-order valence-electron chi connectivity index (χ0n) is 20.6. The minimum Gasteiger partial charge on any atom is -0.344 e. The van der Waals surface area contributed by atoms with Crippen LogP contribution < -0.4 is 15.4 Å². The molecule has 0 unspecified atom stereocenters. The first-order valence-electron chi connectivity index (χ1n) is 11.9. The normalized spacial score (nSPS) is 23.3. The van der Waals surface area contributed by atoms with Crippen LogP contribution >= 0.6 is 11.8 Å². The fourth-order valence-electron chi connectivity index (χ4n) is 4.66. The molecule has 1 aliphatic carbocycles. The lowest BCUT2D eigenvalue weighted by atomic mass is 10.1. The van der Waals surface area contributed by atoms with Crippen molar-refractivity contribution < 1.29 is 27.2 Å². The molecule has 0 spiro atoms. The molecule has 3 heterocycles. The van der Waals surface area contributed by atoms with E-state index >= 15 is 0 Å². The zero-order chi connectivity index (χ0) is 26.7. The molecule has 13 heteroatoms. The van der Waals surface area contributed by atoms with Crippen LogP contribution in [0.25, 0.3) is 0 Å². The smallest absolute Gasteiger partial charge is 0.311 e. The van der Waals surface area contributed by atoms with Gasteiger partial charge in [-0.15, -0.1) is 11.8 Å². The number of amides is 3. The van der Waals surface area contributed by atoms with Crippen molar-refractivity contribution in [3.05, 3.63) is 41.5 Å². The van der Waals surface area contributed by atoms with Gasteiger partial charge in [0.15, 0.2) is 0 Å². The number of nitrogens with one attached hydrogen (secondary N) is 3. The summed E-state index contributed by atoms with van der Waals surface area (Å²) in [6.45, 7) is 3.77. The third-order valence-electron chi connectivity index (χ3n) is 7.11. The maximum atomic E-state index is 13.6. The topological polar surface area (TPSA) is 130 Å². The number of sulfonamides is 1. The molecule has 198 valence electrons. The molecule has 37 heavy (non-hydrogen) atoms. The van der Waals surface area contributed by atoms with Gasteiger partial charge in [-0.05, 0) is 50.5 Å². The van der Waals surface area contributed by atoms with E-state index in [1.807, 2.05) is 6.92 Å². The molecule has 2 atom stereocenters. The Balaban J connectivity index is 1.36. The third kappa shape index (κ3) is 4.99. The zero-order valence-corrected chi connectivity index (χ0v) is 22.3. The predicted octanol–water partition coefficient (Wildman–Crippen LogP) is 1.60. The first-order valence-corrected chi connectivity index (χ1v) is 14.4. The predicted molar refractivity (Wildman–Crippen MR) is 135 cm³/mol. The molecule has 1 aromatic carbocycles. The van der Waals surface area contributed by atoms with Crippen LogP contribution in [-0.2, 0) is 26.7 Å². The van der Waals surface area contributed by atoms with Crippen molar-refractivity contribution in [2.45, 2.75) is 48.1 Å². The Hall–Kier alpha value is -2.90. The fourth-order valence-corrected chi connectivity index (χ4v) is 7.88. The maximum Gasteiger partial charge on any atom is 0.311 e. The van der Waals surface area contributed by atoms with Gasteiger partial charge in [-0.2, -0.15) is 0 Å². The molecule has 1 aromatic heterocycles. The number of halogens is 1. The van der Waals surface area contributed by atoms with Gasteiger partial charge in [0.05, 0.1) is 4.90 Å². The number of hydrogen-bond donors (Lipinski definition) is 3. The van der Waals surface area contributed by atoms with Crippen LogP contribution in [-0.4, -0.2) is 66.0 Å². The van der Waals surface area contributed by atoms with E-state index in [1.165, 1.54) is 45.6 Å². The lowest BCUT2D eigenvalue weighted by molar-refractivity contribution is -0.145. The number of rotatable bonds is 3. The van der Waals surface area contributed by atoms with E-state index in [-0.39, 0.29) is 35.1 Å². The van der Waals surface area contributed by atoms with Gasteiger partial charge in [0.1, 0.15) is 16.4 Å². The van der Waals surface area contributed by atoms with Gasteiger partial charge in [-0.25, -0.2) is 17.5 Å². The quantitative estimate of drug-likeness (QED) is 0.499. The summed E-state index contributed by atoms with van der Waals surface area (Å²) in [7, 11) is -2.44. The Kier molecular flexibility index (Phi) is 6.35. The Morgan fingerprint density at radius 3 is 2.62 bits per heavy atom. The van der Waals surface area contributed by atoms with Gasteiger partial charge < -0.3 is 20.1 Å². The highest BCUT2D eigenvalue weighted by Gasteiger charge is 2.45. The lowest BCUT2D eigenvalue weighted by Crippen LogP contribution is -2.47. The van der Waals surface area contributed by atoms with Gasteiger partial charge in [0, 0.05) is 55.3 Å². The molecular formula is C24H28FN5O5S2. The summed E-state index contributed by atoms with van der Waals surface area (Å²) in [4.78, 5) is 40.0. The van der Waals surface area contributed by atoms with Gasteiger partial charge in [0.25, 0.3) is 5.91 Å². The number of hydrogen-bond acceptors (Lipinski definition) is 6. The standard InChI is InChI=1S/C24H28FN5O5S2/c1-13-8-15(4-5-16(13)25)26-21(31)19-20-18(11-29(19)3)37(34,35)28-17-10-30(9-14(17)12-36-20)23(33)22(32)27-24(2)6-7-24/h4-5,8,11,14,17,28H,6-7,9-10,12H2,1-3H3,(H,26,31)(H,27,32)/t14-,17-/m0/s1. The number of likely N-dealkylation sites (tertiary alicyclic amines) is 1. The van der Waals surface area contributed by atoms with Crippen LogP contribution in [0, 0.1) is 18.7 Å². The first kappa shape index (κ1) is 25.7. The minimum atomic E-state index is -4.02. The number of anilines is 1. The van der Waals surface area contributed by atoms with E-state index in [2.05, 4.69) is 15.4 Å². The van der Waals surface area contributed by atoms with E-state index in [9.17, 15) is 27.2 Å². The molecule has 3 N–H and O–H groups in total. The highest BCUT2D eigenvalue weighted by molar-refractivity contribution is 8.00. The van der Waals surface area contributed by atoms with Crippen LogP contribution in [0.5, 0.6) is 0 Å². The second-order valence-corrected chi connectivity index (χ2v) is 12.9. The highest BCUT2D eigenvalue weighted by Crippen LogP contribution is 2.38. The third-order valence-corrected chi connectivity index (χ3v) is 10.0. The number of benzene rings is 1. The Bertz CT molecular complexity index is 1420. The summed E-state index contributed by atoms with van der Waals surface area (Å²) >= 11 is 1.24. The van der Waals surface area contributed by atoms with Crippen molar-refractivity contribution in [3.63, 3.8) is 0 Å². The maximum absolute atomic E-state index is 13.6. The molecule has 2 fully saturated rings. The van der Waals surface area contributed by atoms with Crippen LogP contribution in [0.3, 0.4) is 0 Å². The summed E-state index contributed by atoms with van der Waals surface area (Å²) in [5.74, 6) is -2.09. The summed E-state index contributed by atoms with van der Waals surface area (Å²) in [5, 5.41) is 5.47. The van der Waals surface area contributed by atoms with Crippen molar-refractivity contribution in [3.8, 4) is 0 Å². The summed E-state index contributed by atoms with van der Waals surface area (Å²) in [5.41, 5.74) is 0.581. The van der Waals surface area contributed by atoms with Crippen LogP contribution in [0.15, 0.2) is 34.2 Å². The Morgan fingerprint density at radius 1 is 1.22 bits per heavy atom. The van der Waals surface area contributed by atoms with E-state index < -0.39 is 39.6 Å². The molecule has 1 saturated heterocycles. The number of aromatic nitrogens is 1. The minimum absolute atomic E-state index is 0.0249. The van der Waals surface area contributed by atoms with Crippen LogP contribution in [0.1, 0.15) is 35.8 Å². The van der Waals surface area contributed by atoms with Crippen molar-refractivity contribution in [1.29, 1.82) is 0 Å². The molecule has 2 aromatic rings. The van der Waals surface area contributed by atoms with Gasteiger partial charge in [-0.3, -0.25) is 14.4 Å². The summed E-state index contributed by atoms with van der Waals surface area (Å²) in [6, 6.07) is 3.63. The summed E-state index contributed by atoms with van der Waals surface area (Å²) < 4.78 is 44.4. The SMILES string of the molecule is Cc1cc(NC(=O)c2c3c(cn2C)S(=O)(=O)N[C@H]2CN(C(=O)C(=O)NC4(C)CC4)C[C@H]2CS3)ccc1F. The van der Waals surface area contributed by atoms with Crippen molar-refractivity contribution in [2.75, 3.05) is 24.2 Å². The van der Waals surface area contributed by atoms with E-state index in [4.69, 9.17) is 0 Å². The van der Waals surface area contributed by atoms with Crippen molar-refractivity contribution in [1.82, 2.24) is 19.5 Å². The average Bonchev–Trinajstić information content (AvgIpc) is 3.26. The second-order valence-electron chi connectivity index (χ2n) is 10.2. The monoisotopic (exact) mass is 549 g/mol. The van der Waals surface area contributed by atoms with E-state index in [0.29, 0.717) is 21.9 Å². The molecule has 1 saturated carbocycles. The molecule has 2 aliphatic heterocycles. The summed E-state index contributed by atoms with van der Waals surface area (Å²) in [6.07, 6.45) is 3.03. The van der Waals surface area contributed by atoms with Gasteiger partial charge in [0.2, 0.25) is 10.0 Å². The average molecular weight is 550 g/mol. The molecule has 5 rings (SSSR count). The second kappa shape index (κ2) is 9.14. The number of carbonyl (C=O) groups excluding carboxylic acids is 3. The van der Waals surface area contributed by atoms with E-state index in [1.54, 1.807) is 14.0 Å². The molecular weight excluding hydrogens is 521 g/mol. The van der Waals surface area contributed by atoms with Crippen molar-refractivity contribution in [2.24, 2.45) is 13.0 Å². The number of thioether (sulfide) groups is 1. The molecule has 3 amide bonds. The highest BCUT2D eigenvalue weighted by atomic mass is 32.2. The molecule has 0 bridgehead atoms.